The van der Waals surface area contributed by atoms with Crippen molar-refractivity contribution in [1.29, 1.82) is 0 Å². The van der Waals surface area contributed by atoms with Crippen LogP contribution in [0, 0.1) is 24.4 Å². The van der Waals surface area contributed by atoms with Gasteiger partial charge in [-0.25, -0.2) is 22.7 Å². The Morgan fingerprint density at radius 3 is 2.33 bits per heavy atom. The Balaban J connectivity index is 1.43. The van der Waals surface area contributed by atoms with Gasteiger partial charge in [0.2, 0.25) is 0 Å². The molecule has 13 heteroatoms. The zero-order valence-corrected chi connectivity index (χ0v) is 21.1. The van der Waals surface area contributed by atoms with Gasteiger partial charge in [-0.3, -0.25) is 9.69 Å². The van der Waals surface area contributed by atoms with Crippen LogP contribution in [0.3, 0.4) is 0 Å². The Bertz CT molecular complexity index is 1580. The molecule has 0 unspecified atom stereocenters. The molecule has 0 aliphatic carbocycles. The van der Waals surface area contributed by atoms with Gasteiger partial charge < -0.3 is 10.0 Å². The Labute approximate surface area is 224 Å². The molecule has 0 bridgehead atoms. The molecule has 0 spiro atoms. The van der Waals surface area contributed by atoms with Gasteiger partial charge in [-0.1, -0.05) is 24.3 Å². The smallest absolute Gasteiger partial charge is 0.392 e. The normalized spacial score (nSPS) is 14.8. The van der Waals surface area contributed by atoms with E-state index in [4.69, 9.17) is 0 Å². The lowest BCUT2D eigenvalue weighted by Gasteiger charge is -2.34. The van der Waals surface area contributed by atoms with Gasteiger partial charge in [0.25, 0.3) is 5.91 Å². The predicted octanol–water partition coefficient (Wildman–Crippen LogP) is 4.59. The van der Waals surface area contributed by atoms with Crippen molar-refractivity contribution >= 4 is 11.6 Å². The van der Waals surface area contributed by atoms with Gasteiger partial charge in [-0.15, -0.1) is 0 Å². The standard InChI is InChI=1S/C27H23F6N5O2/c1-15-23(17-4-2-16(14-39)3-5-17)35-25-20(12-34-38(25)24(15)27(31,32)33)26(40)37-8-6-36(7-9-37)13-18-10-19(28)11-21(29)22(18)30/h2-5,10-12,39H,6-9,13-14H2,1H3. The summed E-state index contributed by atoms with van der Waals surface area (Å²) >= 11 is 0. The molecule has 2 aromatic heterocycles. The second-order valence-electron chi connectivity index (χ2n) is 9.51. The van der Waals surface area contributed by atoms with Crippen molar-refractivity contribution in [2.24, 2.45) is 0 Å². The van der Waals surface area contributed by atoms with Crippen molar-refractivity contribution < 1.29 is 36.2 Å². The number of amides is 1. The third-order valence-electron chi connectivity index (χ3n) is 6.91. The van der Waals surface area contributed by atoms with Crippen LogP contribution >= 0.6 is 0 Å². The van der Waals surface area contributed by atoms with Crippen molar-refractivity contribution in [3.63, 3.8) is 0 Å². The second-order valence-corrected chi connectivity index (χ2v) is 9.51. The number of alkyl halides is 3. The minimum atomic E-state index is -4.80. The summed E-state index contributed by atoms with van der Waals surface area (Å²) in [6, 6.07) is 7.60. The highest BCUT2D eigenvalue weighted by Crippen LogP contribution is 2.36. The lowest BCUT2D eigenvalue weighted by atomic mass is 10.0. The summed E-state index contributed by atoms with van der Waals surface area (Å²) in [7, 11) is 0. The fraction of sp³-hybridized carbons (Fsp3) is 0.296. The lowest BCUT2D eigenvalue weighted by molar-refractivity contribution is -0.143. The monoisotopic (exact) mass is 563 g/mol. The molecule has 1 N–H and O–H groups in total. The first-order valence-corrected chi connectivity index (χ1v) is 12.3. The number of aliphatic hydroxyl groups is 1. The molecule has 5 rings (SSSR count). The molecule has 4 aromatic rings. The van der Waals surface area contributed by atoms with Crippen LogP contribution < -0.4 is 0 Å². The molecule has 1 aliphatic rings. The second kappa shape index (κ2) is 10.5. The third-order valence-corrected chi connectivity index (χ3v) is 6.91. The molecule has 3 heterocycles. The van der Waals surface area contributed by atoms with Crippen molar-refractivity contribution in [3.05, 3.63) is 88.0 Å². The van der Waals surface area contributed by atoms with Crippen LogP contribution in [0.15, 0.2) is 42.6 Å². The Hall–Kier alpha value is -3.97. The molecule has 40 heavy (non-hydrogen) atoms. The first kappa shape index (κ1) is 27.6. The third kappa shape index (κ3) is 5.13. The average Bonchev–Trinajstić information content (AvgIpc) is 3.33. The molecule has 7 nitrogen and oxygen atoms in total. The van der Waals surface area contributed by atoms with E-state index in [0.717, 1.165) is 12.3 Å². The van der Waals surface area contributed by atoms with Crippen LogP contribution in [0.25, 0.3) is 16.9 Å². The number of aromatic nitrogens is 3. The molecule has 1 aliphatic heterocycles. The molecule has 0 radical (unpaired) electrons. The van der Waals surface area contributed by atoms with Crippen molar-refractivity contribution in [2.75, 3.05) is 26.2 Å². The Morgan fingerprint density at radius 1 is 1.02 bits per heavy atom. The quantitative estimate of drug-likeness (QED) is 0.284. The van der Waals surface area contributed by atoms with E-state index < -0.39 is 35.2 Å². The number of hydrogen-bond donors (Lipinski definition) is 1. The number of aliphatic hydroxyl groups excluding tert-OH is 1. The Kier molecular flexibility index (Phi) is 7.27. The van der Waals surface area contributed by atoms with Crippen molar-refractivity contribution in [3.8, 4) is 11.3 Å². The van der Waals surface area contributed by atoms with E-state index in [2.05, 4.69) is 10.1 Å². The molecule has 2 aromatic carbocycles. The number of hydrogen-bond acceptors (Lipinski definition) is 5. The number of piperazine rings is 1. The Morgan fingerprint density at radius 2 is 1.70 bits per heavy atom. The zero-order chi connectivity index (χ0) is 28.8. The van der Waals surface area contributed by atoms with Crippen LogP contribution in [-0.4, -0.2) is 61.6 Å². The highest BCUT2D eigenvalue weighted by atomic mass is 19.4. The van der Waals surface area contributed by atoms with Crippen molar-refractivity contribution in [2.45, 2.75) is 26.3 Å². The van der Waals surface area contributed by atoms with Gasteiger partial charge in [0.05, 0.1) is 18.5 Å². The summed E-state index contributed by atoms with van der Waals surface area (Å²) in [5, 5.41) is 13.1. The maximum absolute atomic E-state index is 14.2. The average molecular weight is 564 g/mol. The number of halogens is 6. The van der Waals surface area contributed by atoms with E-state index in [1.807, 2.05) is 0 Å². The summed E-state index contributed by atoms with van der Waals surface area (Å²) in [5.41, 5.74) is -0.804. The van der Waals surface area contributed by atoms with E-state index in [-0.39, 0.29) is 67.4 Å². The number of carbonyl (C=O) groups excluding carboxylic acids is 1. The summed E-state index contributed by atoms with van der Waals surface area (Å²) in [5.74, 6) is -3.92. The van der Waals surface area contributed by atoms with Gasteiger partial charge in [0.1, 0.15) is 11.4 Å². The molecule has 210 valence electrons. The van der Waals surface area contributed by atoms with Crippen LogP contribution in [0.2, 0.25) is 0 Å². The summed E-state index contributed by atoms with van der Waals surface area (Å²) in [6.45, 7) is 1.73. The van der Waals surface area contributed by atoms with Crippen LogP contribution in [0.5, 0.6) is 0 Å². The molecule has 1 saturated heterocycles. The molecule has 1 fully saturated rings. The molecular formula is C27H23F6N5O2. The first-order chi connectivity index (χ1) is 19.0. The SMILES string of the molecule is Cc1c(-c2ccc(CO)cc2)nc2c(C(=O)N3CCN(Cc4cc(F)cc(F)c4F)CC3)cnn2c1C(F)(F)F. The molecule has 0 saturated carbocycles. The topological polar surface area (TPSA) is 74.0 Å². The summed E-state index contributed by atoms with van der Waals surface area (Å²) in [6.07, 6.45) is -3.75. The van der Waals surface area contributed by atoms with E-state index in [0.29, 0.717) is 21.7 Å². The number of rotatable bonds is 5. The maximum Gasteiger partial charge on any atom is 0.433 e. The highest BCUT2D eigenvalue weighted by Gasteiger charge is 2.39. The van der Waals surface area contributed by atoms with Crippen LogP contribution in [0.1, 0.15) is 32.7 Å². The van der Waals surface area contributed by atoms with Gasteiger partial charge in [-0.2, -0.15) is 18.3 Å². The molecule has 0 atom stereocenters. The largest absolute Gasteiger partial charge is 0.433 e. The fourth-order valence-electron chi connectivity index (χ4n) is 4.85. The van der Waals surface area contributed by atoms with Crippen molar-refractivity contribution in [1.82, 2.24) is 24.4 Å². The molecular weight excluding hydrogens is 540 g/mol. The minimum Gasteiger partial charge on any atom is -0.392 e. The van der Waals surface area contributed by atoms with Crippen LogP contribution in [0.4, 0.5) is 26.3 Å². The van der Waals surface area contributed by atoms with Gasteiger partial charge in [0, 0.05) is 55.5 Å². The first-order valence-electron chi connectivity index (χ1n) is 12.3. The predicted molar refractivity (Wildman–Crippen MR) is 132 cm³/mol. The van der Waals surface area contributed by atoms with E-state index in [1.54, 1.807) is 29.2 Å². The number of carbonyl (C=O) groups is 1. The zero-order valence-electron chi connectivity index (χ0n) is 21.1. The van der Waals surface area contributed by atoms with Gasteiger partial charge in [-0.05, 0) is 18.6 Å². The van der Waals surface area contributed by atoms with E-state index in [9.17, 15) is 36.2 Å². The number of nitrogens with zero attached hydrogens (tertiary/aromatic N) is 5. The van der Waals surface area contributed by atoms with Gasteiger partial charge >= 0.3 is 6.18 Å². The fourth-order valence-corrected chi connectivity index (χ4v) is 4.85. The van der Waals surface area contributed by atoms with Gasteiger partial charge in [0.15, 0.2) is 23.0 Å². The lowest BCUT2D eigenvalue weighted by Crippen LogP contribution is -2.48. The van der Waals surface area contributed by atoms with E-state index in [1.165, 1.54) is 11.8 Å². The number of fused-ring (bicyclic) bond motifs is 1. The highest BCUT2D eigenvalue weighted by molar-refractivity contribution is 6.00. The van der Waals surface area contributed by atoms with E-state index >= 15 is 0 Å². The molecule has 1 amide bonds. The summed E-state index contributed by atoms with van der Waals surface area (Å²) in [4.78, 5) is 21.0. The van der Waals surface area contributed by atoms with Crippen LogP contribution in [-0.2, 0) is 19.3 Å². The number of benzene rings is 2. The maximum atomic E-state index is 14.2. The summed E-state index contributed by atoms with van der Waals surface area (Å²) < 4.78 is 84.3. The minimum absolute atomic E-state index is 0.0213.